The van der Waals surface area contributed by atoms with E-state index in [2.05, 4.69) is 10.6 Å². The molecule has 0 saturated heterocycles. The van der Waals surface area contributed by atoms with E-state index < -0.39 is 12.2 Å². The second-order valence-corrected chi connectivity index (χ2v) is 8.06. The second-order valence-electron chi connectivity index (χ2n) is 8.06. The monoisotopic (exact) mass is 456 g/mol. The highest BCUT2D eigenvalue weighted by Gasteiger charge is 2.06. The number of hydrogen-bond donors (Lipinski definition) is 2. The van der Waals surface area contributed by atoms with Crippen LogP contribution in [0.1, 0.15) is 25.7 Å². The van der Waals surface area contributed by atoms with Crippen LogP contribution in [0.3, 0.4) is 0 Å². The number of benzene rings is 4. The fraction of sp³-hybridized carbons (Fsp3) is 0.214. The van der Waals surface area contributed by atoms with E-state index in [4.69, 9.17) is 9.47 Å². The van der Waals surface area contributed by atoms with Crippen molar-refractivity contribution in [2.45, 2.75) is 25.7 Å². The van der Waals surface area contributed by atoms with Crippen molar-refractivity contribution in [3.63, 3.8) is 0 Å². The summed E-state index contributed by atoms with van der Waals surface area (Å²) < 4.78 is 10.7. The SMILES string of the molecule is O=C(NCCCCCCNC(=O)Oc1ccc2ccccc2c1)Oc1ccc2ccccc2c1. The van der Waals surface area contributed by atoms with Crippen LogP contribution >= 0.6 is 0 Å². The zero-order valence-corrected chi connectivity index (χ0v) is 19.0. The summed E-state index contributed by atoms with van der Waals surface area (Å²) in [5, 5.41) is 9.82. The molecule has 0 saturated carbocycles. The van der Waals surface area contributed by atoms with E-state index in [9.17, 15) is 9.59 Å². The molecular weight excluding hydrogens is 428 g/mol. The van der Waals surface area contributed by atoms with Crippen molar-refractivity contribution in [3.05, 3.63) is 84.9 Å². The van der Waals surface area contributed by atoms with Crippen LogP contribution in [0.15, 0.2) is 84.9 Å². The van der Waals surface area contributed by atoms with Crippen molar-refractivity contribution in [1.82, 2.24) is 10.6 Å². The molecule has 2 N–H and O–H groups in total. The zero-order chi connectivity index (χ0) is 23.6. The summed E-state index contributed by atoms with van der Waals surface area (Å²) >= 11 is 0. The molecule has 0 radical (unpaired) electrons. The van der Waals surface area contributed by atoms with E-state index >= 15 is 0 Å². The largest absolute Gasteiger partial charge is 0.412 e. The molecule has 0 aromatic heterocycles. The zero-order valence-electron chi connectivity index (χ0n) is 19.0. The van der Waals surface area contributed by atoms with Crippen LogP contribution < -0.4 is 20.1 Å². The maximum Gasteiger partial charge on any atom is 0.412 e. The van der Waals surface area contributed by atoms with Crippen molar-refractivity contribution in [2.75, 3.05) is 13.1 Å². The quantitative estimate of drug-likeness (QED) is 0.285. The van der Waals surface area contributed by atoms with Gasteiger partial charge >= 0.3 is 12.2 Å². The van der Waals surface area contributed by atoms with Gasteiger partial charge in [0, 0.05) is 13.1 Å². The average molecular weight is 457 g/mol. The van der Waals surface area contributed by atoms with Gasteiger partial charge in [0.1, 0.15) is 11.5 Å². The Balaban J connectivity index is 1.05. The number of carbonyl (C=O) groups is 2. The number of nitrogens with one attached hydrogen (secondary N) is 2. The van der Waals surface area contributed by atoms with Gasteiger partial charge in [-0.25, -0.2) is 9.59 Å². The van der Waals surface area contributed by atoms with Gasteiger partial charge in [0.05, 0.1) is 0 Å². The Morgan fingerprint density at radius 3 is 1.38 bits per heavy atom. The highest BCUT2D eigenvalue weighted by atomic mass is 16.6. The van der Waals surface area contributed by atoms with Crippen molar-refractivity contribution < 1.29 is 19.1 Å². The first-order chi connectivity index (χ1) is 16.7. The molecule has 4 aromatic rings. The molecule has 0 spiro atoms. The minimum Gasteiger partial charge on any atom is -0.410 e. The van der Waals surface area contributed by atoms with Gasteiger partial charge < -0.3 is 20.1 Å². The van der Waals surface area contributed by atoms with Crippen molar-refractivity contribution in [3.8, 4) is 11.5 Å². The Morgan fingerprint density at radius 2 is 0.941 bits per heavy atom. The summed E-state index contributed by atoms with van der Waals surface area (Å²) in [6.45, 7) is 1.09. The summed E-state index contributed by atoms with van der Waals surface area (Å²) in [4.78, 5) is 24.0. The molecule has 4 rings (SSSR count). The number of hydrogen-bond acceptors (Lipinski definition) is 4. The van der Waals surface area contributed by atoms with Crippen LogP contribution in [0.5, 0.6) is 11.5 Å². The summed E-state index contributed by atoms with van der Waals surface area (Å²) in [6, 6.07) is 27.0. The lowest BCUT2D eigenvalue weighted by Crippen LogP contribution is -2.28. The number of rotatable bonds is 9. The van der Waals surface area contributed by atoms with Gasteiger partial charge in [0.15, 0.2) is 0 Å². The Bertz CT molecular complexity index is 1170. The Kier molecular flexibility index (Phi) is 7.95. The van der Waals surface area contributed by atoms with Crippen LogP contribution in [0.25, 0.3) is 21.5 Å². The predicted octanol–water partition coefficient (Wildman–Crippen LogP) is 6.43. The second kappa shape index (κ2) is 11.7. The Morgan fingerprint density at radius 1 is 0.529 bits per heavy atom. The molecule has 0 aliphatic carbocycles. The smallest absolute Gasteiger partial charge is 0.410 e. The lowest BCUT2D eigenvalue weighted by molar-refractivity contribution is 0.198. The highest BCUT2D eigenvalue weighted by molar-refractivity contribution is 5.85. The number of fused-ring (bicyclic) bond motifs is 2. The third kappa shape index (κ3) is 6.72. The molecule has 2 amide bonds. The number of unbranched alkanes of at least 4 members (excludes halogenated alkanes) is 3. The van der Waals surface area contributed by atoms with E-state index in [-0.39, 0.29) is 0 Å². The van der Waals surface area contributed by atoms with Crippen LogP contribution in [0.4, 0.5) is 9.59 Å². The van der Waals surface area contributed by atoms with E-state index in [1.807, 2.05) is 72.8 Å². The van der Waals surface area contributed by atoms with Crippen LogP contribution in [-0.4, -0.2) is 25.3 Å². The molecule has 0 unspecified atom stereocenters. The van der Waals surface area contributed by atoms with Crippen LogP contribution in [0, 0.1) is 0 Å². The third-order valence-electron chi connectivity index (χ3n) is 5.51. The molecular formula is C28H28N2O4. The summed E-state index contributed by atoms with van der Waals surface area (Å²) in [5.74, 6) is 1.05. The summed E-state index contributed by atoms with van der Waals surface area (Å²) in [5.41, 5.74) is 0. The first kappa shape index (κ1) is 23.1. The molecule has 0 fully saturated rings. The minimum atomic E-state index is -0.451. The number of amides is 2. The third-order valence-corrected chi connectivity index (χ3v) is 5.51. The normalized spacial score (nSPS) is 10.7. The lowest BCUT2D eigenvalue weighted by atomic mass is 10.1. The fourth-order valence-electron chi connectivity index (χ4n) is 3.73. The topological polar surface area (TPSA) is 76.7 Å². The van der Waals surface area contributed by atoms with Gasteiger partial charge in [0.25, 0.3) is 0 Å². The van der Waals surface area contributed by atoms with Gasteiger partial charge in [-0.1, -0.05) is 73.5 Å². The van der Waals surface area contributed by atoms with Gasteiger partial charge in [-0.05, 0) is 58.7 Å². The van der Waals surface area contributed by atoms with E-state index in [0.29, 0.717) is 24.6 Å². The van der Waals surface area contributed by atoms with Gasteiger partial charge in [-0.15, -0.1) is 0 Å². The summed E-state index contributed by atoms with van der Waals surface area (Å²) in [7, 11) is 0. The van der Waals surface area contributed by atoms with E-state index in [1.54, 1.807) is 12.1 Å². The highest BCUT2D eigenvalue weighted by Crippen LogP contribution is 2.21. The Hall–Kier alpha value is -4.06. The van der Waals surface area contributed by atoms with Gasteiger partial charge in [0.2, 0.25) is 0 Å². The first-order valence-corrected chi connectivity index (χ1v) is 11.6. The van der Waals surface area contributed by atoms with Gasteiger partial charge in [-0.3, -0.25) is 0 Å². The lowest BCUT2D eigenvalue weighted by Gasteiger charge is -2.08. The van der Waals surface area contributed by atoms with E-state index in [1.165, 1.54) is 0 Å². The molecule has 0 aliphatic heterocycles. The van der Waals surface area contributed by atoms with Crippen LogP contribution in [-0.2, 0) is 0 Å². The van der Waals surface area contributed by atoms with Gasteiger partial charge in [-0.2, -0.15) is 0 Å². The molecule has 174 valence electrons. The molecule has 6 nitrogen and oxygen atoms in total. The standard InChI is InChI=1S/C28H28N2O4/c31-27(33-25-15-13-21-9-3-5-11-23(21)19-25)29-17-7-1-2-8-18-30-28(32)34-26-16-14-22-10-4-6-12-24(22)20-26/h3-6,9-16,19-20H,1-2,7-8,17-18H2,(H,29,31)(H,30,32). The summed E-state index contributed by atoms with van der Waals surface area (Å²) in [6.07, 6.45) is 2.67. The van der Waals surface area contributed by atoms with Crippen molar-refractivity contribution in [1.29, 1.82) is 0 Å². The van der Waals surface area contributed by atoms with Crippen molar-refractivity contribution >= 4 is 33.7 Å². The molecule has 0 aliphatic rings. The minimum absolute atomic E-state index is 0.451. The molecule has 6 heteroatoms. The molecule has 34 heavy (non-hydrogen) atoms. The molecule has 0 bridgehead atoms. The number of ether oxygens (including phenoxy) is 2. The van der Waals surface area contributed by atoms with E-state index in [0.717, 1.165) is 47.2 Å². The fourth-order valence-corrected chi connectivity index (χ4v) is 3.73. The predicted molar refractivity (Wildman–Crippen MR) is 134 cm³/mol. The number of carbonyl (C=O) groups excluding carboxylic acids is 2. The molecule has 4 aromatic carbocycles. The average Bonchev–Trinajstić information content (AvgIpc) is 2.85. The molecule has 0 heterocycles. The van der Waals surface area contributed by atoms with Crippen molar-refractivity contribution in [2.24, 2.45) is 0 Å². The first-order valence-electron chi connectivity index (χ1n) is 11.6. The molecule has 0 atom stereocenters. The van der Waals surface area contributed by atoms with Crippen LogP contribution in [0.2, 0.25) is 0 Å². The Labute approximate surface area is 198 Å². The maximum atomic E-state index is 12.0. The maximum absolute atomic E-state index is 12.0.